The molecule has 306 valence electrons. The molecular weight excluding hydrogens is 777 g/mol. The molecule has 0 N–H and O–H groups in total. The van der Waals surface area contributed by atoms with Gasteiger partial charge in [0.15, 0.2) is 0 Å². The van der Waals surface area contributed by atoms with Gasteiger partial charge in [-0.15, -0.1) is 0 Å². The molecule has 0 aliphatic rings. The summed E-state index contributed by atoms with van der Waals surface area (Å²) < 4.78 is 0. The first-order valence-corrected chi connectivity index (χ1v) is 21.7. The maximum atomic E-state index is 2.35. The zero-order valence-electron chi connectivity index (χ0n) is 35.3. The summed E-state index contributed by atoms with van der Waals surface area (Å²) in [6, 6.07) is 98.8. The summed E-state index contributed by atoms with van der Waals surface area (Å²) in [5.74, 6) is 0. The molecule has 0 radical (unpaired) electrons. The van der Waals surface area contributed by atoms with E-state index in [-0.39, 0.29) is 0 Å². The number of hydrogen-bond acceptors (Lipinski definition) is 4. The summed E-state index contributed by atoms with van der Waals surface area (Å²) >= 11 is 0. The number of anilines is 12. The van der Waals surface area contributed by atoms with Gasteiger partial charge in [-0.3, -0.25) is 0 Å². The molecule has 64 heavy (non-hydrogen) atoms. The Labute approximate surface area is 376 Å². The molecule has 0 spiro atoms. The van der Waals surface area contributed by atoms with Crippen molar-refractivity contribution in [3.8, 4) is 11.1 Å². The molecule has 0 saturated carbocycles. The van der Waals surface area contributed by atoms with Crippen LogP contribution in [0.2, 0.25) is 0 Å². The minimum Gasteiger partial charge on any atom is -0.308 e. The molecule has 0 saturated heterocycles. The molecule has 0 amide bonds. The van der Waals surface area contributed by atoms with Crippen molar-refractivity contribution >= 4 is 68.2 Å². The summed E-state index contributed by atoms with van der Waals surface area (Å²) in [4.78, 5) is 9.37. The van der Waals surface area contributed by atoms with Crippen molar-refractivity contribution in [3.05, 3.63) is 279 Å². The van der Waals surface area contributed by atoms with Gasteiger partial charge in [0.2, 0.25) is 0 Å². The fourth-order valence-electron chi connectivity index (χ4n) is 8.46. The van der Waals surface area contributed by atoms with Gasteiger partial charge in [0.05, 0.1) is 22.7 Å². The van der Waals surface area contributed by atoms with Gasteiger partial charge in [-0.25, -0.2) is 0 Å². The maximum absolute atomic E-state index is 2.35. The zero-order chi connectivity index (χ0) is 42.9. The molecule has 10 aromatic rings. The second kappa shape index (κ2) is 18.6. The number of hydrogen-bond donors (Lipinski definition) is 0. The van der Waals surface area contributed by atoms with Crippen LogP contribution in [0.3, 0.4) is 0 Å². The molecule has 4 heteroatoms. The standard InChI is InChI=1S/C60H46N4/c1-7-23-49(24-8-1)61(50-25-9-2-10-26-50)57-35-19-21-37-59(57)63(53-31-15-5-16-32-53)55-43-39-47(40-44-55)48-41-45-56(46-42-48)64(54-33-17-6-18-34-54)60-38-22-20-36-58(60)62(51-27-11-3-12-28-51)52-29-13-4-14-30-52/h1-46H. The highest BCUT2D eigenvalue weighted by Crippen LogP contribution is 2.47. The molecule has 0 atom stereocenters. The van der Waals surface area contributed by atoms with E-state index in [0.29, 0.717) is 0 Å². The van der Waals surface area contributed by atoms with Crippen LogP contribution in [0.25, 0.3) is 11.1 Å². The fourth-order valence-corrected chi connectivity index (χ4v) is 8.46. The van der Waals surface area contributed by atoms with Crippen molar-refractivity contribution in [2.75, 3.05) is 19.6 Å². The highest BCUT2D eigenvalue weighted by atomic mass is 15.2. The Morgan fingerprint density at radius 1 is 0.141 bits per heavy atom. The Balaban J connectivity index is 1.02. The normalized spacial score (nSPS) is 10.8. The van der Waals surface area contributed by atoms with Crippen molar-refractivity contribution in [3.63, 3.8) is 0 Å². The van der Waals surface area contributed by atoms with Crippen molar-refractivity contribution in [1.82, 2.24) is 0 Å². The summed E-state index contributed by atoms with van der Waals surface area (Å²) in [7, 11) is 0. The van der Waals surface area contributed by atoms with E-state index in [2.05, 4.69) is 299 Å². The fraction of sp³-hybridized carbons (Fsp3) is 0. The van der Waals surface area contributed by atoms with Crippen molar-refractivity contribution in [1.29, 1.82) is 0 Å². The molecule has 10 aromatic carbocycles. The minimum atomic E-state index is 1.06. The smallest absolute Gasteiger partial charge is 0.0702 e. The third kappa shape index (κ3) is 8.24. The Morgan fingerprint density at radius 3 is 0.484 bits per heavy atom. The lowest BCUT2D eigenvalue weighted by Crippen LogP contribution is -2.17. The minimum absolute atomic E-state index is 1.06. The van der Waals surface area contributed by atoms with Gasteiger partial charge in [-0.1, -0.05) is 158 Å². The lowest BCUT2D eigenvalue weighted by molar-refractivity contribution is 1.22. The third-order valence-electron chi connectivity index (χ3n) is 11.4. The van der Waals surface area contributed by atoms with E-state index in [9.17, 15) is 0 Å². The van der Waals surface area contributed by atoms with Gasteiger partial charge in [-0.05, 0) is 132 Å². The number of rotatable bonds is 13. The number of benzene rings is 10. The first-order valence-electron chi connectivity index (χ1n) is 21.7. The third-order valence-corrected chi connectivity index (χ3v) is 11.4. The average molecular weight is 823 g/mol. The maximum Gasteiger partial charge on any atom is 0.0702 e. The van der Waals surface area contributed by atoms with E-state index in [4.69, 9.17) is 0 Å². The van der Waals surface area contributed by atoms with Crippen LogP contribution in [0.4, 0.5) is 68.2 Å². The van der Waals surface area contributed by atoms with Crippen LogP contribution in [0.15, 0.2) is 279 Å². The quantitative estimate of drug-likeness (QED) is 0.115. The molecule has 0 heterocycles. The molecule has 0 fully saturated rings. The van der Waals surface area contributed by atoms with Crippen LogP contribution in [-0.2, 0) is 0 Å². The molecule has 0 bridgehead atoms. The monoisotopic (exact) mass is 822 g/mol. The first kappa shape index (κ1) is 39.5. The van der Waals surface area contributed by atoms with Crippen molar-refractivity contribution in [2.45, 2.75) is 0 Å². The summed E-state index contributed by atoms with van der Waals surface area (Å²) in [5, 5.41) is 0. The topological polar surface area (TPSA) is 13.0 Å². The zero-order valence-corrected chi connectivity index (χ0v) is 35.3. The SMILES string of the molecule is c1ccc(N(c2ccccc2)c2ccccc2N(c2ccccc2)c2ccc(-c3ccc(N(c4ccccc4)c4ccccc4N(c4ccccc4)c4ccccc4)cc3)cc2)cc1. The van der Waals surface area contributed by atoms with E-state index in [1.807, 2.05) is 0 Å². The van der Waals surface area contributed by atoms with Crippen LogP contribution in [0.1, 0.15) is 0 Å². The average Bonchev–Trinajstić information content (AvgIpc) is 3.38. The Bertz CT molecular complexity index is 2730. The van der Waals surface area contributed by atoms with Crippen molar-refractivity contribution in [2.24, 2.45) is 0 Å². The van der Waals surface area contributed by atoms with E-state index < -0.39 is 0 Å². The number of nitrogens with zero attached hydrogens (tertiary/aromatic N) is 4. The molecule has 10 rings (SSSR count). The molecule has 4 nitrogen and oxygen atoms in total. The van der Waals surface area contributed by atoms with Crippen molar-refractivity contribution < 1.29 is 0 Å². The Hall–Kier alpha value is -8.60. The number of para-hydroxylation sites is 10. The Morgan fingerprint density at radius 2 is 0.297 bits per heavy atom. The van der Waals surface area contributed by atoms with E-state index in [1.165, 1.54) is 0 Å². The predicted molar refractivity (Wildman–Crippen MR) is 271 cm³/mol. The Kier molecular flexibility index (Phi) is 11.5. The van der Waals surface area contributed by atoms with Crippen LogP contribution in [0.5, 0.6) is 0 Å². The van der Waals surface area contributed by atoms with E-state index >= 15 is 0 Å². The van der Waals surface area contributed by atoms with Gasteiger partial charge in [-0.2, -0.15) is 0 Å². The summed E-state index contributed by atoms with van der Waals surface area (Å²) in [5.41, 5.74) is 15.2. The molecular formula is C60H46N4. The van der Waals surface area contributed by atoms with Crippen LogP contribution in [-0.4, -0.2) is 0 Å². The van der Waals surface area contributed by atoms with Gasteiger partial charge < -0.3 is 19.6 Å². The largest absolute Gasteiger partial charge is 0.308 e. The van der Waals surface area contributed by atoms with Crippen LogP contribution >= 0.6 is 0 Å². The van der Waals surface area contributed by atoms with Gasteiger partial charge in [0, 0.05) is 45.5 Å². The van der Waals surface area contributed by atoms with E-state index in [0.717, 1.165) is 79.4 Å². The molecule has 0 unspecified atom stereocenters. The first-order chi connectivity index (χ1) is 31.8. The van der Waals surface area contributed by atoms with Gasteiger partial charge >= 0.3 is 0 Å². The molecule has 0 aromatic heterocycles. The van der Waals surface area contributed by atoms with Gasteiger partial charge in [0.1, 0.15) is 0 Å². The van der Waals surface area contributed by atoms with Crippen LogP contribution < -0.4 is 19.6 Å². The molecule has 0 aliphatic carbocycles. The lowest BCUT2D eigenvalue weighted by Gasteiger charge is -2.33. The van der Waals surface area contributed by atoms with E-state index in [1.54, 1.807) is 0 Å². The van der Waals surface area contributed by atoms with Gasteiger partial charge in [0.25, 0.3) is 0 Å². The summed E-state index contributed by atoms with van der Waals surface area (Å²) in [6.45, 7) is 0. The highest BCUT2D eigenvalue weighted by Gasteiger charge is 2.24. The van der Waals surface area contributed by atoms with Crippen LogP contribution in [0, 0.1) is 0 Å². The highest BCUT2D eigenvalue weighted by molar-refractivity contribution is 5.93. The second-order valence-corrected chi connectivity index (χ2v) is 15.4. The molecule has 0 aliphatic heterocycles. The predicted octanol–water partition coefficient (Wildman–Crippen LogP) is 17.2. The summed E-state index contributed by atoms with van der Waals surface area (Å²) in [6.07, 6.45) is 0. The second-order valence-electron chi connectivity index (χ2n) is 15.4. The lowest BCUT2D eigenvalue weighted by atomic mass is 10.0.